The maximum Gasteiger partial charge on any atom is 0.271 e. The first-order valence-electron chi connectivity index (χ1n) is 5.67. The van der Waals surface area contributed by atoms with Gasteiger partial charge in [0.15, 0.2) is 0 Å². The van der Waals surface area contributed by atoms with E-state index in [1.807, 2.05) is 12.1 Å². The van der Waals surface area contributed by atoms with Crippen molar-refractivity contribution in [1.29, 1.82) is 0 Å². The van der Waals surface area contributed by atoms with Crippen LogP contribution in [0.15, 0.2) is 56.7 Å². The lowest BCUT2D eigenvalue weighted by Gasteiger charge is -2.09. The molecule has 0 spiro atoms. The van der Waals surface area contributed by atoms with Gasteiger partial charge in [0, 0.05) is 16.1 Å². The van der Waals surface area contributed by atoms with Crippen LogP contribution in [0.4, 0.5) is 5.69 Å². The minimum Gasteiger partial charge on any atom is -0.277 e. The number of anilines is 1. The maximum absolute atomic E-state index is 12.2. The molecule has 0 saturated heterocycles. The molecule has 4 nitrogen and oxygen atoms in total. The summed E-state index contributed by atoms with van der Waals surface area (Å²) in [5.74, 6) is 0. The van der Waals surface area contributed by atoms with Crippen LogP contribution in [0.2, 0.25) is 0 Å². The topological polar surface area (TPSA) is 59.1 Å². The fraction of sp³-hybridized carbons (Fsp3) is 0. The van der Waals surface area contributed by atoms with Crippen LogP contribution in [0.1, 0.15) is 0 Å². The number of thiophene rings is 1. The normalized spacial score (nSPS) is 11.7. The molecular formula is C13H9BrN2O2S2. The Hall–Kier alpha value is -1.44. The SMILES string of the molecule is O=S(=O)(Nc1cccc2cc(Br)cnc12)c1cccs1. The summed E-state index contributed by atoms with van der Waals surface area (Å²) < 4.78 is 28.2. The van der Waals surface area contributed by atoms with E-state index in [1.165, 1.54) is 11.3 Å². The highest BCUT2D eigenvalue weighted by Gasteiger charge is 2.16. The van der Waals surface area contributed by atoms with E-state index in [1.54, 1.807) is 35.8 Å². The Morgan fingerprint density at radius 1 is 1.20 bits per heavy atom. The number of pyridine rings is 1. The number of nitrogens with zero attached hydrogens (tertiary/aromatic N) is 1. The molecule has 0 aliphatic rings. The lowest BCUT2D eigenvalue weighted by Crippen LogP contribution is -2.11. The monoisotopic (exact) mass is 368 g/mol. The molecule has 0 unspecified atom stereocenters. The fourth-order valence-electron chi connectivity index (χ4n) is 1.83. The van der Waals surface area contributed by atoms with Crippen LogP contribution >= 0.6 is 27.3 Å². The van der Waals surface area contributed by atoms with Crippen molar-refractivity contribution < 1.29 is 8.42 Å². The largest absolute Gasteiger partial charge is 0.277 e. The Bertz CT molecular complexity index is 861. The molecule has 3 rings (SSSR count). The summed E-state index contributed by atoms with van der Waals surface area (Å²) in [5, 5.41) is 2.60. The van der Waals surface area contributed by atoms with Gasteiger partial charge < -0.3 is 0 Å². The molecule has 0 amide bonds. The van der Waals surface area contributed by atoms with E-state index in [0.717, 1.165) is 9.86 Å². The lowest BCUT2D eigenvalue weighted by atomic mass is 10.2. The number of hydrogen-bond acceptors (Lipinski definition) is 4. The number of aromatic nitrogens is 1. The Morgan fingerprint density at radius 2 is 2.05 bits per heavy atom. The summed E-state index contributed by atoms with van der Waals surface area (Å²) in [6.07, 6.45) is 1.64. The zero-order chi connectivity index (χ0) is 14.2. The third kappa shape index (κ3) is 2.56. The van der Waals surface area contributed by atoms with Crippen LogP contribution in [0.5, 0.6) is 0 Å². The fourth-order valence-corrected chi connectivity index (χ4v) is 4.24. The molecule has 0 aliphatic heterocycles. The summed E-state index contributed by atoms with van der Waals surface area (Å²) >= 11 is 4.53. The van der Waals surface area contributed by atoms with Gasteiger partial charge in [-0.2, -0.15) is 0 Å². The second kappa shape index (κ2) is 5.16. The third-order valence-electron chi connectivity index (χ3n) is 2.68. The van der Waals surface area contributed by atoms with Crippen molar-refractivity contribution in [1.82, 2.24) is 4.98 Å². The highest BCUT2D eigenvalue weighted by molar-refractivity contribution is 9.10. The molecule has 102 valence electrons. The molecular weight excluding hydrogens is 360 g/mol. The number of fused-ring (bicyclic) bond motifs is 1. The quantitative estimate of drug-likeness (QED) is 0.763. The van der Waals surface area contributed by atoms with Crippen LogP contribution in [0.3, 0.4) is 0 Å². The first-order chi connectivity index (χ1) is 9.56. The first-order valence-corrected chi connectivity index (χ1v) is 8.82. The van der Waals surface area contributed by atoms with Crippen molar-refractivity contribution in [2.45, 2.75) is 4.21 Å². The van der Waals surface area contributed by atoms with Crippen LogP contribution in [0.25, 0.3) is 10.9 Å². The van der Waals surface area contributed by atoms with Crippen molar-refractivity contribution in [3.63, 3.8) is 0 Å². The molecule has 1 N–H and O–H groups in total. The van der Waals surface area contributed by atoms with Crippen LogP contribution in [0, 0.1) is 0 Å². The Morgan fingerprint density at radius 3 is 2.80 bits per heavy atom. The van der Waals surface area contributed by atoms with Crippen molar-refractivity contribution in [2.75, 3.05) is 4.72 Å². The van der Waals surface area contributed by atoms with Crippen LogP contribution in [-0.2, 0) is 10.0 Å². The smallest absolute Gasteiger partial charge is 0.271 e. The maximum atomic E-state index is 12.2. The molecule has 2 heterocycles. The molecule has 7 heteroatoms. The van der Waals surface area contributed by atoms with E-state index >= 15 is 0 Å². The lowest BCUT2D eigenvalue weighted by molar-refractivity contribution is 0.603. The van der Waals surface area contributed by atoms with Crippen molar-refractivity contribution in [3.8, 4) is 0 Å². The number of halogens is 1. The van der Waals surface area contributed by atoms with Gasteiger partial charge in [-0.15, -0.1) is 11.3 Å². The standard InChI is InChI=1S/C13H9BrN2O2S2/c14-10-7-9-3-1-4-11(13(9)15-8-10)16-20(17,18)12-5-2-6-19-12/h1-8,16H. The van der Waals surface area contributed by atoms with Gasteiger partial charge in [-0.05, 0) is 39.5 Å². The van der Waals surface area contributed by atoms with Gasteiger partial charge in [-0.3, -0.25) is 9.71 Å². The van der Waals surface area contributed by atoms with E-state index in [-0.39, 0.29) is 4.21 Å². The number of sulfonamides is 1. The average Bonchev–Trinajstić information content (AvgIpc) is 2.93. The molecule has 1 aromatic carbocycles. The highest BCUT2D eigenvalue weighted by Crippen LogP contribution is 2.27. The molecule has 0 fully saturated rings. The van der Waals surface area contributed by atoms with Gasteiger partial charge in [0.2, 0.25) is 0 Å². The molecule has 0 radical (unpaired) electrons. The highest BCUT2D eigenvalue weighted by atomic mass is 79.9. The number of benzene rings is 1. The Balaban J connectivity index is 2.08. The summed E-state index contributed by atoms with van der Waals surface area (Å²) in [6.45, 7) is 0. The molecule has 0 atom stereocenters. The average molecular weight is 369 g/mol. The minimum atomic E-state index is -3.55. The zero-order valence-electron chi connectivity index (χ0n) is 10.1. The van der Waals surface area contributed by atoms with Crippen LogP contribution < -0.4 is 4.72 Å². The van der Waals surface area contributed by atoms with E-state index in [0.29, 0.717) is 11.2 Å². The zero-order valence-corrected chi connectivity index (χ0v) is 13.3. The van der Waals surface area contributed by atoms with Gasteiger partial charge in [-0.25, -0.2) is 8.42 Å². The second-order valence-electron chi connectivity index (χ2n) is 4.07. The van der Waals surface area contributed by atoms with Crippen molar-refractivity contribution in [2.24, 2.45) is 0 Å². The minimum absolute atomic E-state index is 0.284. The summed E-state index contributed by atoms with van der Waals surface area (Å²) in [6, 6.07) is 10.6. The van der Waals surface area contributed by atoms with Gasteiger partial charge in [0.1, 0.15) is 4.21 Å². The number of hydrogen-bond donors (Lipinski definition) is 1. The van der Waals surface area contributed by atoms with Gasteiger partial charge in [-0.1, -0.05) is 18.2 Å². The molecule has 20 heavy (non-hydrogen) atoms. The van der Waals surface area contributed by atoms with Gasteiger partial charge >= 0.3 is 0 Å². The van der Waals surface area contributed by atoms with E-state index in [2.05, 4.69) is 25.6 Å². The summed E-state index contributed by atoms with van der Waals surface area (Å²) in [5.41, 5.74) is 1.10. The number of rotatable bonds is 3. The summed E-state index contributed by atoms with van der Waals surface area (Å²) in [4.78, 5) is 4.28. The van der Waals surface area contributed by atoms with Gasteiger partial charge in [0.25, 0.3) is 10.0 Å². The van der Waals surface area contributed by atoms with E-state index in [4.69, 9.17) is 0 Å². The predicted octanol–water partition coefficient (Wildman–Crippen LogP) is 3.86. The summed E-state index contributed by atoms with van der Waals surface area (Å²) in [7, 11) is -3.55. The predicted molar refractivity (Wildman–Crippen MR) is 84.6 cm³/mol. The van der Waals surface area contributed by atoms with Crippen molar-refractivity contribution >= 4 is 53.9 Å². The van der Waals surface area contributed by atoms with E-state index < -0.39 is 10.0 Å². The van der Waals surface area contributed by atoms with Crippen molar-refractivity contribution in [3.05, 3.63) is 52.4 Å². The number of nitrogens with one attached hydrogen (secondary N) is 1. The molecule has 0 aliphatic carbocycles. The Labute approximate surface area is 128 Å². The molecule has 2 aromatic heterocycles. The second-order valence-corrected chi connectivity index (χ2v) is 7.84. The molecule has 0 bridgehead atoms. The first kappa shape index (κ1) is 13.5. The van der Waals surface area contributed by atoms with E-state index in [9.17, 15) is 8.42 Å². The Kier molecular flexibility index (Phi) is 3.49. The molecule has 3 aromatic rings. The third-order valence-corrected chi connectivity index (χ3v) is 5.88. The molecule has 0 saturated carbocycles. The number of para-hydroxylation sites is 1. The van der Waals surface area contributed by atoms with Gasteiger partial charge in [0.05, 0.1) is 11.2 Å². The van der Waals surface area contributed by atoms with Crippen LogP contribution in [-0.4, -0.2) is 13.4 Å².